The number of piperidine rings is 1. The van der Waals surface area contributed by atoms with E-state index in [1.807, 2.05) is 0 Å². The number of hydrogen-bond acceptors (Lipinski definition) is 5. The highest BCUT2D eigenvalue weighted by Crippen LogP contribution is 2.20. The van der Waals surface area contributed by atoms with Gasteiger partial charge in [-0.3, -0.25) is 14.4 Å². The maximum Gasteiger partial charge on any atom is 0.260 e. The number of rotatable bonds is 6. The number of amides is 3. The SMILES string of the molecule is NC(=O)c1ccc(OCC(=O)N2CCCC(C(=O)Nc3ccc(Br)cn3)C2)cc1. The third kappa shape index (κ3) is 5.77. The van der Waals surface area contributed by atoms with E-state index in [0.717, 1.165) is 10.9 Å². The molecule has 2 heterocycles. The fourth-order valence-electron chi connectivity index (χ4n) is 3.05. The number of likely N-dealkylation sites (tertiary alicyclic amines) is 1. The molecule has 1 aromatic carbocycles. The van der Waals surface area contributed by atoms with Gasteiger partial charge in [0, 0.05) is 29.3 Å². The molecule has 1 aliphatic heterocycles. The Morgan fingerprint density at radius 2 is 1.97 bits per heavy atom. The van der Waals surface area contributed by atoms with Gasteiger partial charge >= 0.3 is 0 Å². The summed E-state index contributed by atoms with van der Waals surface area (Å²) in [5, 5.41) is 2.79. The minimum absolute atomic E-state index is 0.140. The highest BCUT2D eigenvalue weighted by Gasteiger charge is 2.28. The molecule has 1 atom stereocenters. The van der Waals surface area contributed by atoms with Crippen molar-refractivity contribution in [1.82, 2.24) is 9.88 Å². The van der Waals surface area contributed by atoms with E-state index in [1.165, 1.54) is 0 Å². The molecule has 0 saturated carbocycles. The van der Waals surface area contributed by atoms with Crippen molar-refractivity contribution in [2.45, 2.75) is 12.8 Å². The van der Waals surface area contributed by atoms with Crippen LogP contribution < -0.4 is 15.8 Å². The molecule has 0 radical (unpaired) electrons. The van der Waals surface area contributed by atoms with E-state index >= 15 is 0 Å². The monoisotopic (exact) mass is 460 g/mol. The number of primary amides is 1. The number of hydrogen-bond donors (Lipinski definition) is 2. The molecule has 0 spiro atoms. The summed E-state index contributed by atoms with van der Waals surface area (Å²) in [6, 6.07) is 9.77. The lowest BCUT2D eigenvalue weighted by Crippen LogP contribution is -2.45. The lowest BCUT2D eigenvalue weighted by Gasteiger charge is -2.32. The molecule has 1 aliphatic rings. The Labute approximate surface area is 176 Å². The molecular formula is C20H21BrN4O4. The van der Waals surface area contributed by atoms with Gasteiger partial charge in [0.1, 0.15) is 11.6 Å². The molecule has 0 aliphatic carbocycles. The third-order valence-electron chi connectivity index (χ3n) is 4.62. The molecule has 3 amide bonds. The smallest absolute Gasteiger partial charge is 0.260 e. The summed E-state index contributed by atoms with van der Waals surface area (Å²) in [4.78, 5) is 41.9. The van der Waals surface area contributed by atoms with Gasteiger partial charge in [-0.2, -0.15) is 0 Å². The number of anilines is 1. The van der Waals surface area contributed by atoms with Crippen LogP contribution in [0.1, 0.15) is 23.2 Å². The molecular weight excluding hydrogens is 440 g/mol. The van der Waals surface area contributed by atoms with Crippen molar-refractivity contribution in [3.8, 4) is 5.75 Å². The minimum Gasteiger partial charge on any atom is -0.484 e. The van der Waals surface area contributed by atoms with Gasteiger partial charge in [0.05, 0.1) is 5.92 Å². The normalized spacial score (nSPS) is 16.2. The number of carbonyl (C=O) groups excluding carboxylic acids is 3. The first kappa shape index (κ1) is 20.8. The number of ether oxygens (including phenoxy) is 1. The lowest BCUT2D eigenvalue weighted by atomic mass is 9.97. The predicted molar refractivity (Wildman–Crippen MR) is 110 cm³/mol. The van der Waals surface area contributed by atoms with Crippen molar-refractivity contribution in [2.24, 2.45) is 11.7 Å². The number of carbonyl (C=O) groups is 3. The molecule has 1 unspecified atom stereocenters. The summed E-state index contributed by atoms with van der Waals surface area (Å²) in [5.74, 6) is -0.222. The molecule has 1 fully saturated rings. The zero-order valence-corrected chi connectivity index (χ0v) is 17.2. The first-order valence-electron chi connectivity index (χ1n) is 9.15. The standard InChI is InChI=1S/C20H21BrN4O4/c21-15-5-8-17(23-10-15)24-20(28)14-2-1-9-25(11-14)18(26)12-29-16-6-3-13(4-7-16)19(22)27/h3-8,10,14H,1-2,9,11-12H2,(H2,22,27)(H,23,24,28). The van der Waals surface area contributed by atoms with Crippen LogP contribution in [0.2, 0.25) is 0 Å². The Morgan fingerprint density at radius 1 is 1.21 bits per heavy atom. The Morgan fingerprint density at radius 3 is 2.62 bits per heavy atom. The van der Waals surface area contributed by atoms with Crippen molar-refractivity contribution in [3.05, 3.63) is 52.6 Å². The molecule has 2 aromatic rings. The summed E-state index contributed by atoms with van der Waals surface area (Å²) in [6.45, 7) is 0.785. The van der Waals surface area contributed by atoms with Crippen molar-refractivity contribution in [1.29, 1.82) is 0 Å². The van der Waals surface area contributed by atoms with Crippen LogP contribution in [-0.4, -0.2) is 47.3 Å². The van der Waals surface area contributed by atoms with E-state index in [0.29, 0.717) is 36.6 Å². The van der Waals surface area contributed by atoms with E-state index in [-0.39, 0.29) is 24.3 Å². The quantitative estimate of drug-likeness (QED) is 0.685. The lowest BCUT2D eigenvalue weighted by molar-refractivity contribution is -0.136. The highest BCUT2D eigenvalue weighted by atomic mass is 79.9. The molecule has 1 saturated heterocycles. The van der Waals surface area contributed by atoms with Crippen LogP contribution in [-0.2, 0) is 9.59 Å². The molecule has 3 N–H and O–H groups in total. The Balaban J connectivity index is 1.51. The summed E-state index contributed by atoms with van der Waals surface area (Å²) in [7, 11) is 0. The molecule has 152 valence electrons. The Bertz CT molecular complexity index is 886. The largest absolute Gasteiger partial charge is 0.484 e. The van der Waals surface area contributed by atoms with E-state index in [4.69, 9.17) is 10.5 Å². The first-order valence-corrected chi connectivity index (χ1v) is 9.94. The molecule has 29 heavy (non-hydrogen) atoms. The Hall–Kier alpha value is -2.94. The fraction of sp³-hybridized carbons (Fsp3) is 0.300. The van der Waals surface area contributed by atoms with E-state index in [9.17, 15) is 14.4 Å². The average Bonchev–Trinajstić information content (AvgIpc) is 2.74. The van der Waals surface area contributed by atoms with Gasteiger partial charge in [-0.1, -0.05) is 0 Å². The van der Waals surface area contributed by atoms with Crippen LogP contribution in [0, 0.1) is 5.92 Å². The van der Waals surface area contributed by atoms with Crippen LogP contribution in [0.15, 0.2) is 47.1 Å². The summed E-state index contributed by atoms with van der Waals surface area (Å²) < 4.78 is 6.33. The van der Waals surface area contributed by atoms with Crippen molar-refractivity contribution in [2.75, 3.05) is 25.0 Å². The van der Waals surface area contributed by atoms with Crippen LogP contribution in [0.3, 0.4) is 0 Å². The van der Waals surface area contributed by atoms with E-state index in [2.05, 4.69) is 26.2 Å². The molecule has 3 rings (SSSR count). The number of nitrogens with zero attached hydrogens (tertiary/aromatic N) is 2. The summed E-state index contributed by atoms with van der Waals surface area (Å²) in [6.07, 6.45) is 3.06. The summed E-state index contributed by atoms with van der Waals surface area (Å²) >= 11 is 3.30. The number of halogens is 1. The van der Waals surface area contributed by atoms with Crippen LogP contribution in [0.5, 0.6) is 5.75 Å². The van der Waals surface area contributed by atoms with Gasteiger partial charge in [-0.05, 0) is 65.2 Å². The molecule has 9 heteroatoms. The van der Waals surface area contributed by atoms with Crippen molar-refractivity contribution < 1.29 is 19.1 Å². The third-order valence-corrected chi connectivity index (χ3v) is 5.09. The zero-order chi connectivity index (χ0) is 20.8. The number of aromatic nitrogens is 1. The van der Waals surface area contributed by atoms with Gasteiger partial charge in [0.15, 0.2) is 6.61 Å². The maximum atomic E-state index is 12.5. The van der Waals surface area contributed by atoms with Gasteiger partial charge < -0.3 is 20.7 Å². The van der Waals surface area contributed by atoms with E-state index < -0.39 is 5.91 Å². The number of nitrogens with one attached hydrogen (secondary N) is 1. The zero-order valence-electron chi connectivity index (χ0n) is 15.6. The number of nitrogens with two attached hydrogens (primary N) is 1. The van der Waals surface area contributed by atoms with Crippen LogP contribution >= 0.6 is 15.9 Å². The van der Waals surface area contributed by atoms with E-state index in [1.54, 1.807) is 47.5 Å². The molecule has 0 bridgehead atoms. The molecule has 1 aromatic heterocycles. The van der Waals surface area contributed by atoms with Crippen LogP contribution in [0.4, 0.5) is 5.82 Å². The Kier molecular flexibility index (Phi) is 6.82. The van der Waals surface area contributed by atoms with Gasteiger partial charge in [0.25, 0.3) is 5.91 Å². The second-order valence-electron chi connectivity index (χ2n) is 6.71. The second kappa shape index (κ2) is 9.51. The average molecular weight is 461 g/mol. The molecule has 8 nitrogen and oxygen atoms in total. The maximum absolute atomic E-state index is 12.5. The van der Waals surface area contributed by atoms with Gasteiger partial charge in [-0.15, -0.1) is 0 Å². The van der Waals surface area contributed by atoms with Crippen LogP contribution in [0.25, 0.3) is 0 Å². The van der Waals surface area contributed by atoms with Gasteiger partial charge in [0.2, 0.25) is 11.8 Å². The topological polar surface area (TPSA) is 115 Å². The highest BCUT2D eigenvalue weighted by molar-refractivity contribution is 9.10. The van der Waals surface area contributed by atoms with Crippen molar-refractivity contribution in [3.63, 3.8) is 0 Å². The number of benzene rings is 1. The number of pyridine rings is 1. The first-order chi connectivity index (χ1) is 13.9. The van der Waals surface area contributed by atoms with Crippen molar-refractivity contribution >= 4 is 39.5 Å². The fourth-order valence-corrected chi connectivity index (χ4v) is 3.28. The predicted octanol–water partition coefficient (Wildman–Crippen LogP) is 2.20. The summed E-state index contributed by atoms with van der Waals surface area (Å²) in [5.41, 5.74) is 5.57. The van der Waals surface area contributed by atoms with Gasteiger partial charge in [-0.25, -0.2) is 4.98 Å². The second-order valence-corrected chi connectivity index (χ2v) is 7.62. The minimum atomic E-state index is -0.524.